The molecule has 4 aliphatic rings. The minimum Gasteiger partial charge on any atom is -0.393 e. The lowest BCUT2D eigenvalue weighted by atomic mass is 9.41. The van der Waals surface area contributed by atoms with Crippen molar-refractivity contribution in [1.82, 2.24) is 4.72 Å². The van der Waals surface area contributed by atoms with Gasteiger partial charge >= 0.3 is 0 Å². The van der Waals surface area contributed by atoms with Crippen LogP contribution < -0.4 is 4.72 Å². The van der Waals surface area contributed by atoms with E-state index in [1.165, 1.54) is 12.7 Å². The van der Waals surface area contributed by atoms with E-state index in [2.05, 4.69) is 32.4 Å². The molecule has 7 heteroatoms. The van der Waals surface area contributed by atoms with Gasteiger partial charge in [0.1, 0.15) is 6.17 Å². The first-order valence-corrected chi connectivity index (χ1v) is 15.7. The van der Waals surface area contributed by atoms with Gasteiger partial charge in [-0.2, -0.15) is 0 Å². The Hall–Kier alpha value is -0.240. The van der Waals surface area contributed by atoms with Gasteiger partial charge in [0.05, 0.1) is 18.5 Å². The van der Waals surface area contributed by atoms with E-state index in [9.17, 15) is 18.6 Å². The molecular weight excluding hydrogens is 453 g/mol. The topological polar surface area (TPSA) is 86.6 Å². The first kappa shape index (κ1) is 26.8. The average Bonchev–Trinajstić information content (AvgIpc) is 3.12. The predicted octanol–water partition coefficient (Wildman–Crippen LogP) is 4.53. The molecule has 5 nitrogen and oxygen atoms in total. The van der Waals surface area contributed by atoms with Crippen molar-refractivity contribution >= 4 is 10.0 Å². The highest BCUT2D eigenvalue weighted by molar-refractivity contribution is 7.88. The molecule has 3 N–H and O–H groups in total. The summed E-state index contributed by atoms with van der Waals surface area (Å²) in [6, 6.07) is 0. The van der Waals surface area contributed by atoms with Crippen LogP contribution in [-0.2, 0) is 10.0 Å². The van der Waals surface area contributed by atoms with Crippen molar-refractivity contribution in [3.63, 3.8) is 0 Å². The number of nitrogens with one attached hydrogen (secondary N) is 1. The highest BCUT2D eigenvalue weighted by Crippen LogP contribution is 2.69. The molecule has 198 valence electrons. The maximum atomic E-state index is 15.5. The van der Waals surface area contributed by atoms with Crippen molar-refractivity contribution < 1.29 is 23.0 Å². The molecule has 12 atom stereocenters. The number of aliphatic hydroxyl groups excluding tert-OH is 2. The quantitative estimate of drug-likeness (QED) is 0.448. The lowest BCUT2D eigenvalue weighted by Gasteiger charge is -2.65. The van der Waals surface area contributed by atoms with Crippen LogP contribution in [0.15, 0.2) is 0 Å². The highest BCUT2D eigenvalue weighted by atomic mass is 32.2. The van der Waals surface area contributed by atoms with Crippen molar-refractivity contribution in [2.75, 3.05) is 12.8 Å². The fraction of sp³-hybridized carbons (Fsp3) is 1.00. The van der Waals surface area contributed by atoms with Gasteiger partial charge in [-0.15, -0.1) is 0 Å². The molecule has 0 aromatic carbocycles. The lowest BCUT2D eigenvalue weighted by Crippen LogP contribution is -2.65. The summed E-state index contributed by atoms with van der Waals surface area (Å²) in [6.45, 7) is 9.61. The van der Waals surface area contributed by atoms with Crippen molar-refractivity contribution in [3.05, 3.63) is 0 Å². The highest BCUT2D eigenvalue weighted by Gasteiger charge is 2.66. The van der Waals surface area contributed by atoms with Crippen LogP contribution in [0.2, 0.25) is 0 Å². The SMILES string of the molecule is CC[C@H]1[C@@H](O)[C@@H]2[C@H](CC[C@]3(C)[C@@H]([C@H](C)CCCNS(C)(=O)=O)CC[C@@H]23)[C@@]2(C)CC[C@@H](O)[C@H](F)[C@@H]12. The molecule has 0 radical (unpaired) electrons. The average molecular weight is 502 g/mol. The molecule has 4 fully saturated rings. The van der Waals surface area contributed by atoms with Gasteiger partial charge in [-0.25, -0.2) is 17.5 Å². The molecule has 0 heterocycles. The maximum Gasteiger partial charge on any atom is 0.208 e. The Morgan fingerprint density at radius 1 is 1.06 bits per heavy atom. The van der Waals surface area contributed by atoms with Crippen LogP contribution in [0.3, 0.4) is 0 Å². The van der Waals surface area contributed by atoms with Crippen LogP contribution in [0, 0.1) is 52.3 Å². The zero-order valence-electron chi connectivity index (χ0n) is 21.8. The third-order valence-corrected chi connectivity index (χ3v) is 12.1. The number of fused-ring (bicyclic) bond motifs is 5. The summed E-state index contributed by atoms with van der Waals surface area (Å²) in [5.41, 5.74) is 0.0299. The van der Waals surface area contributed by atoms with Gasteiger partial charge in [0.15, 0.2) is 0 Å². The third-order valence-electron chi connectivity index (χ3n) is 11.4. The number of hydrogen-bond acceptors (Lipinski definition) is 4. The van der Waals surface area contributed by atoms with E-state index in [0.717, 1.165) is 44.9 Å². The number of alkyl halides is 1. The summed E-state index contributed by atoms with van der Waals surface area (Å²) in [4.78, 5) is 0. The molecule has 4 aliphatic carbocycles. The van der Waals surface area contributed by atoms with Crippen molar-refractivity contribution in [2.45, 2.75) is 104 Å². The smallest absolute Gasteiger partial charge is 0.208 e. The number of aliphatic hydroxyl groups is 2. The number of sulfonamides is 1. The van der Waals surface area contributed by atoms with Crippen LogP contribution in [0.1, 0.15) is 85.5 Å². The molecule has 0 unspecified atom stereocenters. The molecule has 0 aromatic rings. The van der Waals surface area contributed by atoms with E-state index < -0.39 is 28.4 Å². The summed E-state index contributed by atoms with van der Waals surface area (Å²) in [7, 11) is -3.14. The fourth-order valence-corrected chi connectivity index (χ4v) is 10.4. The molecule has 0 bridgehead atoms. The second-order valence-electron chi connectivity index (χ2n) is 12.9. The summed E-state index contributed by atoms with van der Waals surface area (Å²) in [5.74, 6) is 1.76. The van der Waals surface area contributed by atoms with Crippen LogP contribution in [-0.4, -0.2) is 49.8 Å². The number of halogens is 1. The standard InChI is InChI=1S/C27H48FNO4S/c1-6-17-23-24(28)21(30)12-14-27(23,4)20-11-13-26(3)18(9-10-19(26)22(20)25(17)31)16(2)8-7-15-29-34(5,32)33/h16-25,29-31H,6-15H2,1-5H3/t16-,17-,18-,19+,20+,21-,22+,23-,24+,25-,26-,27-/m1/s1. The fourth-order valence-electron chi connectivity index (χ4n) is 9.84. The summed E-state index contributed by atoms with van der Waals surface area (Å²) < 4.78 is 40.8. The summed E-state index contributed by atoms with van der Waals surface area (Å²) >= 11 is 0. The van der Waals surface area contributed by atoms with Gasteiger partial charge in [-0.1, -0.05) is 34.1 Å². The largest absolute Gasteiger partial charge is 0.393 e. The number of hydrogen-bond donors (Lipinski definition) is 3. The van der Waals surface area contributed by atoms with E-state index in [1.54, 1.807) is 0 Å². The van der Waals surface area contributed by atoms with E-state index in [0.29, 0.717) is 36.6 Å². The van der Waals surface area contributed by atoms with E-state index in [1.807, 2.05) is 0 Å². The molecule has 0 amide bonds. The zero-order valence-corrected chi connectivity index (χ0v) is 22.7. The van der Waals surface area contributed by atoms with Crippen LogP contribution >= 0.6 is 0 Å². The molecule has 0 saturated heterocycles. The van der Waals surface area contributed by atoms with Crippen LogP contribution in [0.5, 0.6) is 0 Å². The third kappa shape index (κ3) is 4.39. The molecule has 4 saturated carbocycles. The van der Waals surface area contributed by atoms with E-state index >= 15 is 4.39 Å². The maximum absolute atomic E-state index is 15.5. The van der Waals surface area contributed by atoms with E-state index in [-0.39, 0.29) is 28.6 Å². The minimum atomic E-state index is -3.14. The van der Waals surface area contributed by atoms with Gasteiger partial charge in [-0.05, 0) is 97.7 Å². The minimum absolute atomic E-state index is 0.0860. The Morgan fingerprint density at radius 2 is 1.71 bits per heavy atom. The Kier molecular flexibility index (Phi) is 7.55. The van der Waals surface area contributed by atoms with Gasteiger partial charge in [0, 0.05) is 12.5 Å². The Morgan fingerprint density at radius 3 is 2.35 bits per heavy atom. The summed E-state index contributed by atoms with van der Waals surface area (Å²) in [5, 5.41) is 22.1. The molecular formula is C27H48FNO4S. The zero-order chi connectivity index (χ0) is 25.1. The van der Waals surface area contributed by atoms with Crippen LogP contribution in [0.25, 0.3) is 0 Å². The van der Waals surface area contributed by atoms with E-state index in [4.69, 9.17) is 0 Å². The van der Waals surface area contributed by atoms with Gasteiger partial charge < -0.3 is 10.2 Å². The number of rotatable bonds is 7. The predicted molar refractivity (Wildman–Crippen MR) is 133 cm³/mol. The second kappa shape index (κ2) is 9.57. The normalized spacial score (nSPS) is 49.7. The molecule has 0 spiro atoms. The second-order valence-corrected chi connectivity index (χ2v) is 14.8. The lowest BCUT2D eigenvalue weighted by molar-refractivity contribution is -0.222. The first-order chi connectivity index (χ1) is 15.8. The molecule has 4 rings (SSSR count). The monoisotopic (exact) mass is 501 g/mol. The van der Waals surface area contributed by atoms with Crippen molar-refractivity contribution in [2.24, 2.45) is 52.3 Å². The molecule has 0 aromatic heterocycles. The summed E-state index contributed by atoms with van der Waals surface area (Å²) in [6.07, 6.45) is 7.06. The Labute approximate surface area is 206 Å². The van der Waals surface area contributed by atoms with Crippen molar-refractivity contribution in [3.8, 4) is 0 Å². The van der Waals surface area contributed by atoms with Gasteiger partial charge in [0.2, 0.25) is 10.0 Å². The molecule has 34 heavy (non-hydrogen) atoms. The first-order valence-electron chi connectivity index (χ1n) is 13.8. The molecule has 0 aliphatic heterocycles. The van der Waals surface area contributed by atoms with Crippen molar-refractivity contribution in [1.29, 1.82) is 0 Å². The van der Waals surface area contributed by atoms with Gasteiger partial charge in [0.25, 0.3) is 0 Å². The van der Waals surface area contributed by atoms with Gasteiger partial charge in [-0.3, -0.25) is 0 Å². The van der Waals surface area contributed by atoms with Crippen LogP contribution in [0.4, 0.5) is 4.39 Å². The Balaban J connectivity index is 1.53. The Bertz CT molecular complexity index is 838.